The number of urea groups is 1. The van der Waals surface area contributed by atoms with E-state index < -0.39 is 16.1 Å². The summed E-state index contributed by atoms with van der Waals surface area (Å²) in [6.07, 6.45) is 11.8. The summed E-state index contributed by atoms with van der Waals surface area (Å²) in [4.78, 5) is 12.4. The first-order chi connectivity index (χ1) is 18.9. The SMILES string of the molecule is CC[C@H]1[C@@H](O)[C@@H]2[C@H](CC[C@]3(C)[C@@H]([C@H](C)CCNC(=O)NS(=O)(=O)c4cccc(Cl)c4)CC[C@@H]23)[C@@]2(C)CCCC[C@@H]12. The molecule has 6 nitrogen and oxygen atoms in total. The minimum Gasteiger partial charge on any atom is -0.393 e. The van der Waals surface area contributed by atoms with Crippen LogP contribution >= 0.6 is 11.6 Å². The fraction of sp³-hybridized carbons (Fsp3) is 0.781. The molecule has 0 radical (unpaired) electrons. The molecule has 0 unspecified atom stereocenters. The molecular formula is C32H49ClN2O4S. The van der Waals surface area contributed by atoms with Crippen molar-refractivity contribution in [3.63, 3.8) is 0 Å². The molecule has 1 aromatic rings. The molecule has 4 aliphatic rings. The van der Waals surface area contributed by atoms with Crippen molar-refractivity contribution in [2.45, 2.75) is 103 Å². The zero-order chi connectivity index (χ0) is 28.9. The quantitative estimate of drug-likeness (QED) is 0.317. The summed E-state index contributed by atoms with van der Waals surface area (Å²) in [7, 11) is -3.98. The van der Waals surface area contributed by atoms with E-state index in [0.717, 1.165) is 12.8 Å². The maximum atomic E-state index is 12.5. The Balaban J connectivity index is 1.21. The monoisotopic (exact) mass is 592 g/mol. The summed E-state index contributed by atoms with van der Waals surface area (Å²) >= 11 is 5.92. The molecule has 0 heterocycles. The molecule has 10 atom stereocenters. The van der Waals surface area contributed by atoms with Gasteiger partial charge in [0.1, 0.15) is 0 Å². The number of nitrogens with one attached hydrogen (secondary N) is 2. The number of hydrogen-bond donors (Lipinski definition) is 3. The predicted molar refractivity (Wildman–Crippen MR) is 159 cm³/mol. The highest BCUT2D eigenvalue weighted by Crippen LogP contribution is 2.69. The Kier molecular flexibility index (Phi) is 8.60. The van der Waals surface area contributed by atoms with Gasteiger partial charge >= 0.3 is 6.03 Å². The van der Waals surface area contributed by atoms with Crippen molar-refractivity contribution in [1.29, 1.82) is 0 Å². The second kappa shape index (κ2) is 11.4. The largest absolute Gasteiger partial charge is 0.393 e. The van der Waals surface area contributed by atoms with Gasteiger partial charge in [0, 0.05) is 11.6 Å². The molecule has 8 heteroatoms. The number of carbonyl (C=O) groups excluding carboxylic acids is 1. The Morgan fingerprint density at radius 3 is 2.55 bits per heavy atom. The van der Waals surface area contributed by atoms with Crippen molar-refractivity contribution in [1.82, 2.24) is 10.0 Å². The topological polar surface area (TPSA) is 95.5 Å². The van der Waals surface area contributed by atoms with Crippen LogP contribution in [0.3, 0.4) is 0 Å². The van der Waals surface area contributed by atoms with E-state index in [-0.39, 0.29) is 16.4 Å². The lowest BCUT2D eigenvalue weighted by Crippen LogP contribution is -2.61. The Hall–Kier alpha value is -1.31. The molecule has 0 aromatic heterocycles. The third-order valence-electron chi connectivity index (χ3n) is 12.3. The molecule has 0 spiro atoms. The van der Waals surface area contributed by atoms with E-state index in [1.807, 2.05) is 0 Å². The second-order valence-corrected chi connectivity index (χ2v) is 16.1. The number of aliphatic hydroxyl groups excluding tert-OH is 1. The fourth-order valence-corrected chi connectivity index (χ4v) is 11.7. The van der Waals surface area contributed by atoms with E-state index in [1.54, 1.807) is 12.1 Å². The van der Waals surface area contributed by atoms with Gasteiger partial charge in [-0.05, 0) is 115 Å². The molecule has 0 saturated heterocycles. The number of amides is 2. The van der Waals surface area contributed by atoms with Crippen LogP contribution in [-0.4, -0.2) is 32.2 Å². The van der Waals surface area contributed by atoms with Crippen molar-refractivity contribution in [2.75, 3.05) is 6.54 Å². The van der Waals surface area contributed by atoms with Crippen LogP contribution in [0.1, 0.15) is 91.9 Å². The zero-order valence-electron chi connectivity index (χ0n) is 24.7. The van der Waals surface area contributed by atoms with Crippen molar-refractivity contribution in [3.05, 3.63) is 29.3 Å². The number of fused-ring (bicyclic) bond motifs is 5. The Morgan fingerprint density at radius 2 is 1.82 bits per heavy atom. The Bertz CT molecular complexity index is 1190. The standard InChI is InChI=1S/C32H49ClN2O4S/c1-5-23-25-11-6-7-16-31(25,3)27-14-17-32(4)24(12-13-26(32)28(27)29(23)36)20(2)15-18-34-30(37)35-40(38,39)22-10-8-9-21(33)19-22/h8-10,19-20,23-29,36H,5-7,11-18H2,1-4H3,(H2,34,35,37)/t20-,23-,24-,25+,26+,27+,28+,29-,31+,32-/m1/s1. The van der Waals surface area contributed by atoms with Crippen LogP contribution in [0.5, 0.6) is 0 Å². The zero-order valence-corrected chi connectivity index (χ0v) is 26.2. The summed E-state index contributed by atoms with van der Waals surface area (Å²) in [6, 6.07) is 5.16. The van der Waals surface area contributed by atoms with Gasteiger partial charge in [0.2, 0.25) is 0 Å². The molecular weight excluding hydrogens is 544 g/mol. The fourth-order valence-electron chi connectivity index (χ4n) is 10.5. The highest BCUT2D eigenvalue weighted by Gasteiger charge is 2.64. The first-order valence-corrected chi connectivity index (χ1v) is 17.5. The van der Waals surface area contributed by atoms with Crippen LogP contribution in [-0.2, 0) is 10.0 Å². The minimum absolute atomic E-state index is 0.0346. The molecule has 0 aliphatic heterocycles. The van der Waals surface area contributed by atoms with E-state index in [2.05, 4.69) is 37.7 Å². The van der Waals surface area contributed by atoms with Crippen molar-refractivity contribution in [2.24, 2.45) is 52.3 Å². The molecule has 5 rings (SSSR count). The molecule has 0 bridgehead atoms. The number of rotatable bonds is 7. The summed E-state index contributed by atoms with van der Waals surface area (Å²) in [5, 5.41) is 14.9. The van der Waals surface area contributed by atoms with Crippen LogP contribution in [0.15, 0.2) is 29.2 Å². The van der Waals surface area contributed by atoms with Crippen LogP contribution in [0, 0.1) is 52.3 Å². The number of carbonyl (C=O) groups is 1. The average Bonchev–Trinajstić information content (AvgIpc) is 3.26. The van der Waals surface area contributed by atoms with Gasteiger partial charge in [-0.15, -0.1) is 0 Å². The van der Waals surface area contributed by atoms with Gasteiger partial charge in [-0.3, -0.25) is 0 Å². The molecule has 1 aromatic carbocycles. The van der Waals surface area contributed by atoms with E-state index in [1.165, 1.54) is 63.5 Å². The van der Waals surface area contributed by atoms with Gasteiger partial charge in [-0.25, -0.2) is 17.9 Å². The molecule has 4 aliphatic carbocycles. The Morgan fingerprint density at radius 1 is 1.07 bits per heavy atom. The van der Waals surface area contributed by atoms with Crippen LogP contribution in [0.25, 0.3) is 0 Å². The smallest absolute Gasteiger partial charge is 0.328 e. The number of sulfonamides is 1. The van der Waals surface area contributed by atoms with Gasteiger partial charge in [0.15, 0.2) is 0 Å². The lowest BCUT2D eigenvalue weighted by Gasteiger charge is -2.64. The number of hydrogen-bond acceptors (Lipinski definition) is 4. The highest BCUT2D eigenvalue weighted by molar-refractivity contribution is 7.90. The summed E-state index contributed by atoms with van der Waals surface area (Å²) in [6.45, 7) is 10.1. The van der Waals surface area contributed by atoms with Gasteiger partial charge in [-0.2, -0.15) is 0 Å². The Labute approximate surface area is 246 Å². The normalized spacial score (nSPS) is 39.9. The molecule has 2 amide bonds. The molecule has 4 fully saturated rings. The first-order valence-electron chi connectivity index (χ1n) is 15.7. The van der Waals surface area contributed by atoms with Crippen LogP contribution < -0.4 is 10.0 Å². The third-order valence-corrected chi connectivity index (χ3v) is 13.9. The number of aliphatic hydroxyl groups is 1. The third kappa shape index (κ3) is 5.21. The van der Waals surface area contributed by atoms with Gasteiger partial charge in [0.05, 0.1) is 11.0 Å². The lowest BCUT2D eigenvalue weighted by atomic mass is 9.41. The molecule has 224 valence electrons. The van der Waals surface area contributed by atoms with E-state index >= 15 is 0 Å². The first kappa shape index (κ1) is 30.2. The molecule has 40 heavy (non-hydrogen) atoms. The molecule has 4 saturated carbocycles. The summed E-state index contributed by atoms with van der Waals surface area (Å²) in [5.41, 5.74) is 0.576. The van der Waals surface area contributed by atoms with Crippen LogP contribution in [0.4, 0.5) is 4.79 Å². The van der Waals surface area contributed by atoms with Crippen molar-refractivity contribution < 1.29 is 18.3 Å². The number of halogens is 1. The van der Waals surface area contributed by atoms with Gasteiger partial charge in [-0.1, -0.05) is 64.6 Å². The lowest BCUT2D eigenvalue weighted by molar-refractivity contribution is -0.194. The minimum atomic E-state index is -3.98. The molecule has 3 N–H and O–H groups in total. The maximum Gasteiger partial charge on any atom is 0.328 e. The predicted octanol–water partition coefficient (Wildman–Crippen LogP) is 7.01. The van der Waals surface area contributed by atoms with E-state index in [0.29, 0.717) is 58.4 Å². The highest BCUT2D eigenvalue weighted by atomic mass is 35.5. The average molecular weight is 593 g/mol. The van der Waals surface area contributed by atoms with Gasteiger partial charge in [0.25, 0.3) is 10.0 Å². The summed E-state index contributed by atoms with van der Waals surface area (Å²) < 4.78 is 27.2. The van der Waals surface area contributed by atoms with E-state index in [9.17, 15) is 18.3 Å². The summed E-state index contributed by atoms with van der Waals surface area (Å²) in [5.74, 6) is 3.64. The second-order valence-electron chi connectivity index (χ2n) is 14.0. The van der Waals surface area contributed by atoms with Crippen molar-refractivity contribution >= 4 is 27.7 Å². The van der Waals surface area contributed by atoms with Crippen molar-refractivity contribution in [3.8, 4) is 0 Å². The number of benzene rings is 1. The van der Waals surface area contributed by atoms with Crippen LogP contribution in [0.2, 0.25) is 5.02 Å². The van der Waals surface area contributed by atoms with Gasteiger partial charge < -0.3 is 10.4 Å². The van der Waals surface area contributed by atoms with E-state index in [4.69, 9.17) is 11.6 Å². The maximum absolute atomic E-state index is 12.5.